The van der Waals surface area contributed by atoms with Crippen molar-refractivity contribution in [2.24, 2.45) is 5.41 Å². The molecule has 1 fully saturated rings. The van der Waals surface area contributed by atoms with Gasteiger partial charge in [0.25, 0.3) is 0 Å². The number of halogens is 1. The van der Waals surface area contributed by atoms with Crippen molar-refractivity contribution >= 4 is 15.9 Å². The summed E-state index contributed by atoms with van der Waals surface area (Å²) < 4.78 is 2.81. The minimum absolute atomic E-state index is 0.00218. The Morgan fingerprint density at radius 2 is 2.12 bits per heavy atom. The van der Waals surface area contributed by atoms with Gasteiger partial charge in [-0.05, 0) is 49.5 Å². The van der Waals surface area contributed by atoms with Gasteiger partial charge in [-0.3, -0.25) is 4.68 Å². The van der Waals surface area contributed by atoms with Crippen molar-refractivity contribution in [3.63, 3.8) is 0 Å². The minimum atomic E-state index is -0.813. The molecule has 1 aromatic heterocycles. The van der Waals surface area contributed by atoms with Gasteiger partial charge in [0, 0.05) is 11.5 Å². The molecule has 0 aliphatic heterocycles. The van der Waals surface area contributed by atoms with Crippen LogP contribution < -0.4 is 0 Å². The molecule has 90 valence electrons. The van der Waals surface area contributed by atoms with Crippen LogP contribution in [0.3, 0.4) is 0 Å². The summed E-state index contributed by atoms with van der Waals surface area (Å²) in [5.74, 6) is 0. The quantitative estimate of drug-likeness (QED) is 0.926. The van der Waals surface area contributed by atoms with E-state index in [-0.39, 0.29) is 11.5 Å². The Kier molecular flexibility index (Phi) is 2.70. The van der Waals surface area contributed by atoms with Crippen molar-refractivity contribution < 1.29 is 5.11 Å². The van der Waals surface area contributed by atoms with Gasteiger partial charge >= 0.3 is 0 Å². The number of hydrogen-bond acceptors (Lipinski definition) is 2. The van der Waals surface area contributed by atoms with Crippen LogP contribution in [-0.2, 0) is 5.60 Å². The zero-order chi connectivity index (χ0) is 12.1. The summed E-state index contributed by atoms with van der Waals surface area (Å²) >= 11 is 3.50. The standard InChI is InChI=1S/C12H19BrN2O/c1-8(2)15-10(9(13)7-14-15)12(4,16)11(3)5-6-11/h7-8,16H,5-6H2,1-4H3. The smallest absolute Gasteiger partial charge is 0.110 e. The number of nitrogens with zero attached hydrogens (tertiary/aromatic N) is 2. The number of rotatable bonds is 3. The highest BCUT2D eigenvalue weighted by atomic mass is 79.9. The van der Waals surface area contributed by atoms with E-state index in [4.69, 9.17) is 0 Å². The van der Waals surface area contributed by atoms with Crippen LogP contribution >= 0.6 is 15.9 Å². The molecule has 0 bridgehead atoms. The maximum Gasteiger partial charge on any atom is 0.110 e. The third-order valence-corrected chi connectivity index (χ3v) is 4.46. The van der Waals surface area contributed by atoms with E-state index in [1.165, 1.54) is 0 Å². The van der Waals surface area contributed by atoms with Gasteiger partial charge < -0.3 is 5.11 Å². The van der Waals surface area contributed by atoms with Crippen molar-refractivity contribution in [3.05, 3.63) is 16.4 Å². The fourth-order valence-electron chi connectivity index (χ4n) is 2.15. The van der Waals surface area contributed by atoms with E-state index in [1.807, 2.05) is 11.6 Å². The van der Waals surface area contributed by atoms with Gasteiger partial charge in [-0.2, -0.15) is 5.10 Å². The zero-order valence-electron chi connectivity index (χ0n) is 10.3. The summed E-state index contributed by atoms with van der Waals surface area (Å²) in [6.07, 6.45) is 3.93. The second-order valence-electron chi connectivity index (χ2n) is 5.51. The van der Waals surface area contributed by atoms with Gasteiger partial charge in [-0.15, -0.1) is 0 Å². The molecule has 3 nitrogen and oxygen atoms in total. The lowest BCUT2D eigenvalue weighted by Crippen LogP contribution is -2.35. The van der Waals surface area contributed by atoms with Crippen LogP contribution in [0.25, 0.3) is 0 Å². The molecule has 1 unspecified atom stereocenters. The summed E-state index contributed by atoms with van der Waals surface area (Å²) in [5.41, 5.74) is 0.0944. The lowest BCUT2D eigenvalue weighted by atomic mass is 9.84. The Morgan fingerprint density at radius 1 is 1.56 bits per heavy atom. The molecule has 1 aliphatic rings. The van der Waals surface area contributed by atoms with Gasteiger partial charge in [-0.1, -0.05) is 6.92 Å². The predicted octanol–water partition coefficient (Wildman–Crippen LogP) is 3.23. The summed E-state index contributed by atoms with van der Waals surface area (Å²) in [6, 6.07) is 0.259. The molecular formula is C12H19BrN2O. The lowest BCUT2D eigenvalue weighted by Gasteiger charge is -2.32. The summed E-state index contributed by atoms with van der Waals surface area (Å²) in [7, 11) is 0. The van der Waals surface area contributed by atoms with Gasteiger partial charge in [0.2, 0.25) is 0 Å². The van der Waals surface area contributed by atoms with Gasteiger partial charge in [0.15, 0.2) is 0 Å². The normalized spacial score (nSPS) is 22.2. The largest absolute Gasteiger partial charge is 0.383 e. The molecule has 0 saturated heterocycles. The molecule has 1 atom stereocenters. The Labute approximate surface area is 105 Å². The molecule has 1 aliphatic carbocycles. The fraction of sp³-hybridized carbons (Fsp3) is 0.750. The second kappa shape index (κ2) is 3.57. The molecular weight excluding hydrogens is 268 g/mol. The van der Waals surface area contributed by atoms with Crippen LogP contribution in [0.1, 0.15) is 52.3 Å². The van der Waals surface area contributed by atoms with Crippen molar-refractivity contribution in [3.8, 4) is 0 Å². The van der Waals surface area contributed by atoms with Crippen LogP contribution in [0.4, 0.5) is 0 Å². The van der Waals surface area contributed by atoms with E-state index in [9.17, 15) is 5.11 Å². The molecule has 0 aromatic carbocycles. The van der Waals surface area contributed by atoms with Crippen LogP contribution in [0, 0.1) is 5.41 Å². The summed E-state index contributed by atoms with van der Waals surface area (Å²) in [6.45, 7) is 8.19. The topological polar surface area (TPSA) is 38.0 Å². The molecule has 0 radical (unpaired) electrons. The van der Waals surface area contributed by atoms with E-state index in [0.29, 0.717) is 0 Å². The first-order chi connectivity index (χ1) is 7.29. The predicted molar refractivity (Wildman–Crippen MR) is 67.2 cm³/mol. The average molecular weight is 287 g/mol. The van der Waals surface area contributed by atoms with Crippen molar-refractivity contribution in [2.45, 2.75) is 52.2 Å². The van der Waals surface area contributed by atoms with E-state index < -0.39 is 5.60 Å². The van der Waals surface area contributed by atoms with Crippen molar-refractivity contribution in [1.82, 2.24) is 9.78 Å². The molecule has 1 saturated carbocycles. The molecule has 4 heteroatoms. The summed E-state index contributed by atoms with van der Waals surface area (Å²) in [4.78, 5) is 0. The van der Waals surface area contributed by atoms with Crippen molar-refractivity contribution in [2.75, 3.05) is 0 Å². The van der Waals surface area contributed by atoms with Gasteiger partial charge in [-0.25, -0.2) is 0 Å². The first-order valence-electron chi connectivity index (χ1n) is 5.75. The minimum Gasteiger partial charge on any atom is -0.383 e. The van der Waals surface area contributed by atoms with E-state index in [2.05, 4.69) is 41.8 Å². The summed E-state index contributed by atoms with van der Waals surface area (Å²) in [5, 5.41) is 15.1. The molecule has 2 rings (SSSR count). The Balaban J connectivity index is 2.50. The Bertz CT molecular complexity index is 405. The lowest BCUT2D eigenvalue weighted by molar-refractivity contribution is -0.0222. The molecule has 16 heavy (non-hydrogen) atoms. The highest BCUT2D eigenvalue weighted by Crippen LogP contribution is 2.58. The Morgan fingerprint density at radius 3 is 2.56 bits per heavy atom. The molecule has 1 heterocycles. The van der Waals surface area contributed by atoms with Gasteiger partial charge in [0.1, 0.15) is 5.60 Å². The van der Waals surface area contributed by atoms with Crippen LogP contribution in [0.2, 0.25) is 0 Å². The third kappa shape index (κ3) is 1.63. The van der Waals surface area contributed by atoms with Crippen molar-refractivity contribution in [1.29, 1.82) is 0 Å². The molecule has 1 N–H and O–H groups in total. The highest BCUT2D eigenvalue weighted by Gasteiger charge is 2.55. The van der Waals surface area contributed by atoms with Crippen LogP contribution in [-0.4, -0.2) is 14.9 Å². The average Bonchev–Trinajstić information content (AvgIpc) is 2.78. The van der Waals surface area contributed by atoms with Gasteiger partial charge in [0.05, 0.1) is 16.4 Å². The fourth-order valence-corrected chi connectivity index (χ4v) is 2.81. The second-order valence-corrected chi connectivity index (χ2v) is 6.37. The van der Waals surface area contributed by atoms with E-state index in [1.54, 1.807) is 6.20 Å². The first kappa shape index (κ1) is 12.1. The van der Waals surface area contributed by atoms with E-state index in [0.717, 1.165) is 23.0 Å². The maximum atomic E-state index is 10.8. The van der Waals surface area contributed by atoms with E-state index >= 15 is 0 Å². The maximum absolute atomic E-state index is 10.8. The number of hydrogen-bond donors (Lipinski definition) is 1. The molecule has 0 spiro atoms. The van der Waals surface area contributed by atoms with Crippen LogP contribution in [0.15, 0.2) is 10.7 Å². The first-order valence-corrected chi connectivity index (χ1v) is 6.55. The third-order valence-electron chi connectivity index (χ3n) is 3.88. The monoisotopic (exact) mass is 286 g/mol. The highest BCUT2D eigenvalue weighted by molar-refractivity contribution is 9.10. The molecule has 1 aromatic rings. The SMILES string of the molecule is CC(C)n1ncc(Br)c1C(C)(O)C1(C)CC1. The zero-order valence-corrected chi connectivity index (χ0v) is 11.9. The van der Waals surface area contributed by atoms with Crippen LogP contribution in [0.5, 0.6) is 0 Å². The number of aliphatic hydroxyl groups is 1. The number of aromatic nitrogens is 2. The molecule has 0 amide bonds. The Hall–Kier alpha value is -0.350.